The van der Waals surface area contributed by atoms with Gasteiger partial charge >= 0.3 is 0 Å². The zero-order chi connectivity index (χ0) is 12.3. The summed E-state index contributed by atoms with van der Waals surface area (Å²) in [6.45, 7) is 0.762. The van der Waals surface area contributed by atoms with Crippen LogP contribution in [-0.2, 0) is 10.0 Å². The fraction of sp³-hybridized carbons (Fsp3) is 0.571. The Hall–Kier alpha value is -0.250. The van der Waals surface area contributed by atoms with Gasteiger partial charge in [0.25, 0.3) is 10.0 Å². The van der Waals surface area contributed by atoms with Gasteiger partial charge in [0.15, 0.2) is 8.68 Å². The SMILES string of the molecule is Cc1nc(Cl)sc1S(=O)(=O)NCC(O)CO. The molecule has 3 N–H and O–H groups in total. The molecule has 0 bridgehead atoms. The molecule has 16 heavy (non-hydrogen) atoms. The number of halogens is 1. The van der Waals surface area contributed by atoms with Gasteiger partial charge in [0.1, 0.15) is 0 Å². The van der Waals surface area contributed by atoms with Gasteiger partial charge < -0.3 is 10.2 Å². The van der Waals surface area contributed by atoms with Gasteiger partial charge in [0.05, 0.1) is 18.4 Å². The molecule has 0 fully saturated rings. The van der Waals surface area contributed by atoms with Crippen molar-refractivity contribution in [3.63, 3.8) is 0 Å². The van der Waals surface area contributed by atoms with Crippen molar-refractivity contribution in [2.75, 3.05) is 13.2 Å². The van der Waals surface area contributed by atoms with Gasteiger partial charge in [-0.2, -0.15) is 0 Å². The number of nitrogens with zero attached hydrogens (tertiary/aromatic N) is 1. The summed E-state index contributed by atoms with van der Waals surface area (Å²) in [6.07, 6.45) is -1.13. The minimum Gasteiger partial charge on any atom is -0.394 e. The van der Waals surface area contributed by atoms with Crippen LogP contribution in [0, 0.1) is 6.92 Å². The molecule has 1 aromatic heterocycles. The van der Waals surface area contributed by atoms with E-state index in [4.69, 9.17) is 21.8 Å². The van der Waals surface area contributed by atoms with Gasteiger partial charge in [-0.1, -0.05) is 22.9 Å². The highest BCUT2D eigenvalue weighted by Crippen LogP contribution is 2.26. The second-order valence-corrected chi connectivity index (χ2v) is 6.57. The van der Waals surface area contributed by atoms with Crippen LogP contribution in [0.1, 0.15) is 5.69 Å². The third-order valence-electron chi connectivity index (χ3n) is 1.69. The molecule has 1 unspecified atom stereocenters. The largest absolute Gasteiger partial charge is 0.394 e. The van der Waals surface area contributed by atoms with Crippen LogP contribution in [0.2, 0.25) is 4.47 Å². The van der Waals surface area contributed by atoms with Crippen molar-refractivity contribution in [3.05, 3.63) is 10.2 Å². The first-order valence-corrected chi connectivity index (χ1v) is 6.96. The van der Waals surface area contributed by atoms with Crippen molar-refractivity contribution < 1.29 is 18.6 Å². The topological polar surface area (TPSA) is 99.5 Å². The lowest BCUT2D eigenvalue weighted by Crippen LogP contribution is -2.33. The number of sulfonamides is 1. The van der Waals surface area contributed by atoms with E-state index in [1.54, 1.807) is 0 Å². The van der Waals surface area contributed by atoms with Crippen LogP contribution in [0.25, 0.3) is 0 Å². The van der Waals surface area contributed by atoms with Gasteiger partial charge in [-0.05, 0) is 6.92 Å². The molecule has 0 saturated heterocycles. The summed E-state index contributed by atoms with van der Waals surface area (Å²) in [6, 6.07) is 0. The third-order valence-corrected chi connectivity index (χ3v) is 4.99. The third kappa shape index (κ3) is 3.37. The second kappa shape index (κ2) is 5.39. The molecule has 1 aromatic rings. The molecule has 92 valence electrons. The number of hydrogen-bond donors (Lipinski definition) is 3. The first-order valence-electron chi connectivity index (χ1n) is 4.28. The van der Waals surface area contributed by atoms with E-state index in [0.29, 0.717) is 5.69 Å². The van der Waals surface area contributed by atoms with Crippen LogP contribution in [0.5, 0.6) is 0 Å². The van der Waals surface area contributed by atoms with Crippen LogP contribution in [0.4, 0.5) is 0 Å². The van der Waals surface area contributed by atoms with Gasteiger partial charge in [-0.15, -0.1) is 0 Å². The van der Waals surface area contributed by atoms with Crippen LogP contribution >= 0.6 is 22.9 Å². The number of nitrogens with one attached hydrogen (secondary N) is 1. The monoisotopic (exact) mass is 286 g/mol. The normalized spacial score (nSPS) is 14.0. The standard InChI is InChI=1S/C7H11ClN2O4S2/c1-4-6(15-7(8)10-4)16(13,14)9-2-5(12)3-11/h5,9,11-12H,2-3H2,1H3. The minimum absolute atomic E-state index is 0.0163. The van der Waals surface area contributed by atoms with Crippen molar-refractivity contribution in [2.24, 2.45) is 0 Å². The molecule has 9 heteroatoms. The van der Waals surface area contributed by atoms with Gasteiger partial charge in [0.2, 0.25) is 0 Å². The van der Waals surface area contributed by atoms with Crippen molar-refractivity contribution in [2.45, 2.75) is 17.2 Å². The van der Waals surface area contributed by atoms with E-state index in [1.165, 1.54) is 6.92 Å². The van der Waals surface area contributed by atoms with Gasteiger partial charge in [-0.3, -0.25) is 0 Å². The highest BCUT2D eigenvalue weighted by Gasteiger charge is 2.21. The van der Waals surface area contributed by atoms with Gasteiger partial charge in [-0.25, -0.2) is 18.1 Å². The number of aliphatic hydroxyl groups is 2. The molecule has 0 aliphatic heterocycles. The van der Waals surface area contributed by atoms with Gasteiger partial charge in [0, 0.05) is 6.54 Å². The fourth-order valence-corrected chi connectivity index (χ4v) is 3.79. The van der Waals surface area contributed by atoms with Crippen LogP contribution in [0.3, 0.4) is 0 Å². The van der Waals surface area contributed by atoms with Crippen molar-refractivity contribution in [1.82, 2.24) is 9.71 Å². The van der Waals surface area contributed by atoms with E-state index in [9.17, 15) is 8.42 Å². The molecular weight excluding hydrogens is 276 g/mol. The number of aromatic nitrogens is 1. The Bertz CT molecular complexity index is 459. The molecule has 0 spiro atoms. The molecule has 6 nitrogen and oxygen atoms in total. The van der Waals surface area contributed by atoms with E-state index in [1.807, 2.05) is 0 Å². The van der Waals surface area contributed by atoms with E-state index >= 15 is 0 Å². The molecule has 0 aliphatic carbocycles. The molecule has 0 amide bonds. The zero-order valence-corrected chi connectivity index (χ0v) is 10.7. The molecule has 1 rings (SSSR count). The summed E-state index contributed by atoms with van der Waals surface area (Å²) >= 11 is 6.43. The van der Waals surface area contributed by atoms with E-state index < -0.39 is 22.7 Å². The fourth-order valence-electron chi connectivity index (χ4n) is 0.936. The summed E-state index contributed by atoms with van der Waals surface area (Å²) in [5.74, 6) is 0. The molecule has 0 saturated carbocycles. The highest BCUT2D eigenvalue weighted by molar-refractivity contribution is 7.91. The van der Waals surface area contributed by atoms with Crippen molar-refractivity contribution in [1.29, 1.82) is 0 Å². The number of thiazole rings is 1. The average molecular weight is 287 g/mol. The summed E-state index contributed by atoms with van der Waals surface area (Å²) in [4.78, 5) is 3.78. The Balaban J connectivity index is 2.82. The smallest absolute Gasteiger partial charge is 0.252 e. The predicted octanol–water partition coefficient (Wildman–Crippen LogP) is -0.264. The molecular formula is C7H11ClN2O4S2. The molecule has 0 radical (unpaired) electrons. The van der Waals surface area contributed by atoms with E-state index in [-0.39, 0.29) is 15.2 Å². The van der Waals surface area contributed by atoms with Crippen molar-refractivity contribution >= 4 is 33.0 Å². The van der Waals surface area contributed by atoms with E-state index in [2.05, 4.69) is 9.71 Å². The lowest BCUT2D eigenvalue weighted by atomic mass is 10.4. The Morgan fingerprint density at radius 2 is 2.25 bits per heavy atom. The number of aryl methyl sites for hydroxylation is 1. The second-order valence-electron chi connectivity index (χ2n) is 3.03. The first-order chi connectivity index (χ1) is 7.36. The quantitative estimate of drug-likeness (QED) is 0.692. The van der Waals surface area contributed by atoms with Crippen LogP contribution < -0.4 is 4.72 Å². The molecule has 0 aromatic carbocycles. The summed E-state index contributed by atoms with van der Waals surface area (Å²) in [5.41, 5.74) is 0.306. The Morgan fingerprint density at radius 3 is 2.69 bits per heavy atom. The number of rotatable bonds is 5. The molecule has 1 heterocycles. The summed E-state index contributed by atoms with van der Waals surface area (Å²) < 4.78 is 25.7. The highest BCUT2D eigenvalue weighted by atomic mass is 35.5. The maximum absolute atomic E-state index is 11.7. The number of hydrogen-bond acceptors (Lipinski definition) is 6. The zero-order valence-electron chi connectivity index (χ0n) is 8.34. The Labute approximate surface area is 102 Å². The maximum Gasteiger partial charge on any atom is 0.252 e. The molecule has 1 atom stereocenters. The summed E-state index contributed by atoms with van der Waals surface area (Å²) in [5, 5.41) is 17.6. The lowest BCUT2D eigenvalue weighted by molar-refractivity contribution is 0.0988. The number of aliphatic hydroxyl groups excluding tert-OH is 2. The van der Waals surface area contributed by atoms with E-state index in [0.717, 1.165) is 11.3 Å². The Morgan fingerprint density at radius 1 is 1.62 bits per heavy atom. The predicted molar refractivity (Wildman–Crippen MR) is 60.1 cm³/mol. The Kier molecular flexibility index (Phi) is 4.65. The first kappa shape index (κ1) is 13.8. The van der Waals surface area contributed by atoms with Crippen LogP contribution in [-0.4, -0.2) is 42.9 Å². The molecule has 0 aliphatic rings. The lowest BCUT2D eigenvalue weighted by Gasteiger charge is -2.08. The summed E-state index contributed by atoms with van der Waals surface area (Å²) in [7, 11) is -3.72. The van der Waals surface area contributed by atoms with Crippen molar-refractivity contribution in [3.8, 4) is 0 Å². The average Bonchev–Trinajstić information content (AvgIpc) is 2.55. The minimum atomic E-state index is -3.72. The maximum atomic E-state index is 11.7. The van der Waals surface area contributed by atoms with Crippen LogP contribution in [0.15, 0.2) is 4.21 Å².